The van der Waals surface area contributed by atoms with Crippen molar-refractivity contribution in [2.24, 2.45) is 0 Å². The van der Waals surface area contributed by atoms with Crippen molar-refractivity contribution in [2.45, 2.75) is 70.4 Å². The van der Waals surface area contributed by atoms with Gasteiger partial charge in [-0.25, -0.2) is 4.98 Å². The van der Waals surface area contributed by atoms with Crippen LogP contribution in [0.3, 0.4) is 0 Å². The molecule has 0 amide bonds. The maximum absolute atomic E-state index is 6.04. The van der Waals surface area contributed by atoms with Crippen LogP contribution in [0, 0.1) is 0 Å². The van der Waals surface area contributed by atoms with Crippen molar-refractivity contribution >= 4 is 11.3 Å². The van der Waals surface area contributed by atoms with Crippen molar-refractivity contribution in [1.29, 1.82) is 0 Å². The Morgan fingerprint density at radius 2 is 2.04 bits per heavy atom. The molecule has 2 fully saturated rings. The molecule has 0 N–H and O–H groups in total. The lowest BCUT2D eigenvalue weighted by molar-refractivity contribution is 0.114. The summed E-state index contributed by atoms with van der Waals surface area (Å²) in [6.07, 6.45) is 8.30. The van der Waals surface area contributed by atoms with Crippen LogP contribution in [0.5, 0.6) is 0 Å². The van der Waals surface area contributed by atoms with Crippen LogP contribution in [0.15, 0.2) is 9.80 Å². The molecule has 1 aliphatic heterocycles. The van der Waals surface area contributed by atoms with Crippen molar-refractivity contribution in [1.82, 2.24) is 20.1 Å². The van der Waals surface area contributed by atoms with Gasteiger partial charge in [-0.1, -0.05) is 19.8 Å². The molecule has 1 unspecified atom stereocenters. The van der Waals surface area contributed by atoms with Gasteiger partial charge in [0.25, 0.3) is 0 Å². The minimum absolute atomic E-state index is 0.261. The molecule has 2 aromatic heterocycles. The van der Waals surface area contributed by atoms with Gasteiger partial charge < -0.3 is 4.42 Å². The molecule has 23 heavy (non-hydrogen) atoms. The van der Waals surface area contributed by atoms with Crippen LogP contribution < -0.4 is 0 Å². The van der Waals surface area contributed by atoms with Crippen LogP contribution in [-0.2, 0) is 13.0 Å². The number of thiazole rings is 1. The standard InChI is InChI=1S/C17H24N4OS/c1-2-15-18-13(11-23-15)10-21-9-4-3-8-14(21)17-20-19-16(22-17)12-6-5-7-12/h11-12,14H,2-10H2,1H3. The average molecular weight is 332 g/mol. The first-order valence-electron chi connectivity index (χ1n) is 8.84. The highest BCUT2D eigenvalue weighted by Crippen LogP contribution is 2.38. The molecule has 6 heteroatoms. The number of piperidine rings is 1. The molecule has 2 aromatic rings. The van der Waals surface area contributed by atoms with E-state index >= 15 is 0 Å². The van der Waals surface area contributed by atoms with Crippen molar-refractivity contribution in [3.63, 3.8) is 0 Å². The van der Waals surface area contributed by atoms with Gasteiger partial charge in [0.05, 0.1) is 16.7 Å². The van der Waals surface area contributed by atoms with Crippen molar-refractivity contribution in [2.75, 3.05) is 6.54 Å². The Morgan fingerprint density at radius 1 is 1.17 bits per heavy atom. The molecule has 2 aliphatic rings. The van der Waals surface area contributed by atoms with Gasteiger partial charge in [-0.05, 0) is 38.6 Å². The largest absolute Gasteiger partial charge is 0.423 e. The molecule has 5 nitrogen and oxygen atoms in total. The highest BCUT2D eigenvalue weighted by Gasteiger charge is 2.31. The molecule has 1 saturated heterocycles. The van der Waals surface area contributed by atoms with Gasteiger partial charge in [0.1, 0.15) is 0 Å². The number of aryl methyl sites for hydroxylation is 1. The summed E-state index contributed by atoms with van der Waals surface area (Å²) in [5.74, 6) is 2.19. The highest BCUT2D eigenvalue weighted by atomic mass is 32.1. The van der Waals surface area contributed by atoms with E-state index in [0.717, 1.165) is 37.7 Å². The number of rotatable bonds is 5. The van der Waals surface area contributed by atoms with Gasteiger partial charge in [-0.15, -0.1) is 21.5 Å². The van der Waals surface area contributed by atoms with Gasteiger partial charge in [-0.3, -0.25) is 4.90 Å². The van der Waals surface area contributed by atoms with Crippen LogP contribution in [0.1, 0.15) is 79.9 Å². The third kappa shape index (κ3) is 3.19. The Labute approximate surface area is 141 Å². The van der Waals surface area contributed by atoms with Gasteiger partial charge in [0.15, 0.2) is 0 Å². The maximum atomic E-state index is 6.04. The molecular formula is C17H24N4OS. The van der Waals surface area contributed by atoms with E-state index in [2.05, 4.69) is 27.4 Å². The molecule has 1 aliphatic carbocycles. The van der Waals surface area contributed by atoms with Crippen molar-refractivity contribution in [3.05, 3.63) is 27.9 Å². The highest BCUT2D eigenvalue weighted by molar-refractivity contribution is 7.09. The Hall–Kier alpha value is -1.27. The fourth-order valence-electron chi connectivity index (χ4n) is 3.45. The average Bonchev–Trinajstić information content (AvgIpc) is 3.16. The van der Waals surface area contributed by atoms with E-state index in [1.165, 1.54) is 42.8 Å². The lowest BCUT2D eigenvalue weighted by Crippen LogP contribution is -2.33. The van der Waals surface area contributed by atoms with Crippen LogP contribution in [0.2, 0.25) is 0 Å². The van der Waals surface area contributed by atoms with Crippen molar-refractivity contribution < 1.29 is 4.42 Å². The van der Waals surface area contributed by atoms with Crippen LogP contribution in [-0.4, -0.2) is 26.6 Å². The lowest BCUT2D eigenvalue weighted by Gasteiger charge is -2.32. The summed E-state index contributed by atoms with van der Waals surface area (Å²) in [4.78, 5) is 7.19. The summed E-state index contributed by atoms with van der Waals surface area (Å²) in [7, 11) is 0. The van der Waals surface area contributed by atoms with Gasteiger partial charge in [-0.2, -0.15) is 0 Å². The second-order valence-electron chi connectivity index (χ2n) is 6.67. The van der Waals surface area contributed by atoms with Crippen LogP contribution >= 0.6 is 11.3 Å². The first kappa shape index (κ1) is 15.3. The lowest BCUT2D eigenvalue weighted by atomic mass is 9.85. The van der Waals surface area contributed by atoms with E-state index in [-0.39, 0.29) is 6.04 Å². The molecule has 0 aromatic carbocycles. The summed E-state index contributed by atoms with van der Waals surface area (Å²) in [5.41, 5.74) is 1.18. The molecule has 0 bridgehead atoms. The molecule has 124 valence electrons. The first-order valence-corrected chi connectivity index (χ1v) is 9.72. The molecular weight excluding hydrogens is 308 g/mol. The zero-order chi connectivity index (χ0) is 15.6. The summed E-state index contributed by atoms with van der Waals surface area (Å²) in [6.45, 7) is 4.14. The van der Waals surface area contributed by atoms with Gasteiger partial charge >= 0.3 is 0 Å². The molecule has 4 rings (SSSR count). The SMILES string of the molecule is CCc1nc(CN2CCCCC2c2nnc(C3CCC3)o2)cs1. The fraction of sp³-hybridized carbons (Fsp3) is 0.706. The third-order valence-corrected chi connectivity index (χ3v) is 6.12. The number of nitrogens with zero attached hydrogens (tertiary/aromatic N) is 4. The minimum Gasteiger partial charge on any atom is -0.423 e. The smallest absolute Gasteiger partial charge is 0.233 e. The van der Waals surface area contributed by atoms with Crippen LogP contribution in [0.25, 0.3) is 0 Å². The predicted octanol–water partition coefficient (Wildman–Crippen LogP) is 4.08. The number of aromatic nitrogens is 3. The Bertz CT molecular complexity index is 649. The number of hydrogen-bond donors (Lipinski definition) is 0. The van der Waals surface area contributed by atoms with E-state index in [0.29, 0.717) is 5.92 Å². The molecule has 0 radical (unpaired) electrons. The van der Waals surface area contributed by atoms with Gasteiger partial charge in [0.2, 0.25) is 11.8 Å². The molecule has 3 heterocycles. The zero-order valence-electron chi connectivity index (χ0n) is 13.7. The fourth-order valence-corrected chi connectivity index (χ4v) is 4.19. The summed E-state index contributed by atoms with van der Waals surface area (Å²) in [6, 6.07) is 0.261. The van der Waals surface area contributed by atoms with E-state index in [1.807, 2.05) is 0 Å². The van der Waals surface area contributed by atoms with E-state index in [9.17, 15) is 0 Å². The second-order valence-corrected chi connectivity index (χ2v) is 7.62. The Kier molecular flexibility index (Phi) is 4.44. The van der Waals surface area contributed by atoms with Crippen molar-refractivity contribution in [3.8, 4) is 0 Å². The topological polar surface area (TPSA) is 55.1 Å². The van der Waals surface area contributed by atoms with Gasteiger partial charge in [0, 0.05) is 17.8 Å². The minimum atomic E-state index is 0.261. The monoisotopic (exact) mass is 332 g/mol. The molecule has 1 atom stereocenters. The first-order chi connectivity index (χ1) is 11.3. The van der Waals surface area contributed by atoms with E-state index in [4.69, 9.17) is 9.40 Å². The molecule has 0 spiro atoms. The van der Waals surface area contributed by atoms with E-state index in [1.54, 1.807) is 11.3 Å². The summed E-state index contributed by atoms with van der Waals surface area (Å²) in [5, 5.41) is 12.1. The Balaban J connectivity index is 1.49. The number of likely N-dealkylation sites (tertiary alicyclic amines) is 1. The quantitative estimate of drug-likeness (QED) is 0.825. The summed E-state index contributed by atoms with van der Waals surface area (Å²) >= 11 is 1.76. The van der Waals surface area contributed by atoms with Crippen LogP contribution in [0.4, 0.5) is 0 Å². The molecule has 1 saturated carbocycles. The second kappa shape index (κ2) is 6.69. The third-order valence-electron chi connectivity index (χ3n) is 5.08. The number of hydrogen-bond acceptors (Lipinski definition) is 6. The zero-order valence-corrected chi connectivity index (χ0v) is 14.5. The maximum Gasteiger partial charge on any atom is 0.233 e. The predicted molar refractivity (Wildman–Crippen MR) is 89.4 cm³/mol. The normalized spacial score (nSPS) is 23.1. The summed E-state index contributed by atoms with van der Waals surface area (Å²) < 4.78 is 6.04. The Morgan fingerprint density at radius 3 is 2.78 bits per heavy atom. The van der Waals surface area contributed by atoms with E-state index < -0.39 is 0 Å².